The minimum atomic E-state index is -0.0916. The van der Waals surface area contributed by atoms with Gasteiger partial charge >= 0.3 is 0 Å². The van der Waals surface area contributed by atoms with Crippen molar-refractivity contribution in [2.75, 3.05) is 19.7 Å². The fourth-order valence-electron chi connectivity index (χ4n) is 4.75. The van der Waals surface area contributed by atoms with E-state index in [4.69, 9.17) is 4.74 Å². The highest BCUT2D eigenvalue weighted by Gasteiger charge is 2.38. The molecule has 5 rings (SSSR count). The molecule has 2 saturated heterocycles. The Bertz CT molecular complexity index is 837. The summed E-state index contributed by atoms with van der Waals surface area (Å²) in [6.07, 6.45) is 5.35. The van der Waals surface area contributed by atoms with Crippen LogP contribution in [0.3, 0.4) is 0 Å². The lowest BCUT2D eigenvalue weighted by Gasteiger charge is -2.35. The SMILES string of the molecule is O=C(N[C@H]1C[C@H]2CO[C@@H](c3ccccc3)CN2C1)c1nnc2n1CCCCC2. The third-order valence-electron chi connectivity index (χ3n) is 6.24. The van der Waals surface area contributed by atoms with Gasteiger partial charge in [0.1, 0.15) is 5.82 Å². The monoisotopic (exact) mass is 381 g/mol. The van der Waals surface area contributed by atoms with Crippen molar-refractivity contribution in [2.45, 2.75) is 56.8 Å². The average Bonchev–Trinajstić information content (AvgIpc) is 3.24. The number of ether oxygens (including phenoxy) is 1. The number of rotatable bonds is 3. The predicted molar refractivity (Wildman–Crippen MR) is 104 cm³/mol. The Hall–Kier alpha value is -2.25. The largest absolute Gasteiger partial charge is 0.371 e. The molecule has 0 spiro atoms. The smallest absolute Gasteiger partial charge is 0.289 e. The van der Waals surface area contributed by atoms with E-state index in [0.717, 1.165) is 51.1 Å². The van der Waals surface area contributed by atoms with Crippen LogP contribution in [0.2, 0.25) is 0 Å². The lowest BCUT2D eigenvalue weighted by molar-refractivity contribution is -0.0502. The van der Waals surface area contributed by atoms with Crippen molar-refractivity contribution in [2.24, 2.45) is 0 Å². The molecule has 3 aliphatic rings. The van der Waals surface area contributed by atoms with Crippen LogP contribution >= 0.6 is 0 Å². The lowest BCUT2D eigenvalue weighted by atomic mass is 10.1. The van der Waals surface area contributed by atoms with E-state index in [9.17, 15) is 4.79 Å². The molecule has 0 saturated carbocycles. The van der Waals surface area contributed by atoms with Gasteiger partial charge in [-0.3, -0.25) is 9.69 Å². The molecule has 2 fully saturated rings. The van der Waals surface area contributed by atoms with Gasteiger partial charge in [-0.15, -0.1) is 10.2 Å². The van der Waals surface area contributed by atoms with E-state index in [1.165, 1.54) is 12.0 Å². The van der Waals surface area contributed by atoms with E-state index in [1.807, 2.05) is 10.6 Å². The molecule has 3 atom stereocenters. The van der Waals surface area contributed by atoms with Crippen LogP contribution in [0.15, 0.2) is 30.3 Å². The molecule has 148 valence electrons. The number of benzene rings is 1. The Kier molecular flexibility index (Phi) is 4.86. The molecule has 0 radical (unpaired) electrons. The molecular weight excluding hydrogens is 354 g/mol. The van der Waals surface area contributed by atoms with Crippen LogP contribution in [0, 0.1) is 0 Å². The van der Waals surface area contributed by atoms with Crippen LogP contribution in [0.25, 0.3) is 0 Å². The highest BCUT2D eigenvalue weighted by molar-refractivity contribution is 5.91. The Morgan fingerprint density at radius 3 is 2.89 bits per heavy atom. The highest BCUT2D eigenvalue weighted by Crippen LogP contribution is 2.30. The quantitative estimate of drug-likeness (QED) is 0.880. The lowest BCUT2D eigenvalue weighted by Crippen LogP contribution is -2.43. The molecule has 2 aromatic rings. The van der Waals surface area contributed by atoms with Crippen molar-refractivity contribution in [3.8, 4) is 0 Å². The van der Waals surface area contributed by atoms with Gasteiger partial charge in [0.15, 0.2) is 0 Å². The number of aryl methyl sites for hydroxylation is 1. The van der Waals surface area contributed by atoms with E-state index in [0.29, 0.717) is 18.5 Å². The second-order valence-electron chi connectivity index (χ2n) is 8.15. The van der Waals surface area contributed by atoms with Gasteiger partial charge in [0.2, 0.25) is 5.82 Å². The standard InChI is InChI=1S/C21H27N5O2/c27-21(20-24-23-19-9-5-2-6-10-26(19)20)22-16-11-17-14-28-18(13-25(17)12-16)15-7-3-1-4-8-15/h1,3-4,7-8,16-18H,2,5-6,9-14H2,(H,22,27)/t16-,17-,18+/m0/s1. The molecule has 1 aromatic heterocycles. The van der Waals surface area contributed by atoms with Crippen molar-refractivity contribution in [3.63, 3.8) is 0 Å². The van der Waals surface area contributed by atoms with Crippen LogP contribution in [0.5, 0.6) is 0 Å². The maximum absolute atomic E-state index is 12.9. The second-order valence-corrected chi connectivity index (χ2v) is 8.15. The molecule has 1 amide bonds. The van der Waals surface area contributed by atoms with Crippen LogP contribution in [-0.4, -0.2) is 57.4 Å². The molecule has 1 N–H and O–H groups in total. The number of carbonyl (C=O) groups excluding carboxylic acids is 1. The summed E-state index contributed by atoms with van der Waals surface area (Å²) < 4.78 is 8.12. The fourth-order valence-corrected chi connectivity index (χ4v) is 4.75. The van der Waals surface area contributed by atoms with Crippen LogP contribution in [-0.2, 0) is 17.7 Å². The third kappa shape index (κ3) is 3.44. The van der Waals surface area contributed by atoms with E-state index >= 15 is 0 Å². The number of amides is 1. The molecule has 28 heavy (non-hydrogen) atoms. The Labute approximate surface area is 165 Å². The van der Waals surface area contributed by atoms with Crippen LogP contribution < -0.4 is 5.32 Å². The Morgan fingerprint density at radius 2 is 2.00 bits per heavy atom. The number of nitrogens with one attached hydrogen (secondary N) is 1. The molecule has 7 heteroatoms. The first-order chi connectivity index (χ1) is 13.8. The number of hydrogen-bond acceptors (Lipinski definition) is 5. The average molecular weight is 381 g/mol. The normalized spacial score (nSPS) is 27.6. The zero-order valence-corrected chi connectivity index (χ0v) is 16.1. The molecule has 7 nitrogen and oxygen atoms in total. The zero-order valence-electron chi connectivity index (χ0n) is 16.1. The first kappa shape index (κ1) is 17.8. The Balaban J connectivity index is 1.22. The molecule has 0 aliphatic carbocycles. The molecule has 0 unspecified atom stereocenters. The summed E-state index contributed by atoms with van der Waals surface area (Å²) in [5.74, 6) is 1.33. The van der Waals surface area contributed by atoms with Crippen molar-refractivity contribution in [1.82, 2.24) is 25.0 Å². The maximum atomic E-state index is 12.9. The van der Waals surface area contributed by atoms with Crippen LogP contribution in [0.1, 0.15) is 53.8 Å². The predicted octanol–water partition coefficient (Wildman–Crippen LogP) is 1.95. The first-order valence-corrected chi connectivity index (χ1v) is 10.4. The summed E-state index contributed by atoms with van der Waals surface area (Å²) in [6.45, 7) is 3.30. The molecule has 4 heterocycles. The van der Waals surface area contributed by atoms with Gasteiger partial charge in [0, 0.05) is 38.1 Å². The minimum Gasteiger partial charge on any atom is -0.371 e. The van der Waals surface area contributed by atoms with Crippen molar-refractivity contribution >= 4 is 5.91 Å². The molecule has 0 bridgehead atoms. The number of morpholine rings is 1. The first-order valence-electron chi connectivity index (χ1n) is 10.4. The van der Waals surface area contributed by atoms with E-state index in [1.54, 1.807) is 0 Å². The minimum absolute atomic E-state index is 0.0916. The van der Waals surface area contributed by atoms with Gasteiger partial charge < -0.3 is 14.6 Å². The summed E-state index contributed by atoms with van der Waals surface area (Å²) in [5.41, 5.74) is 1.22. The zero-order chi connectivity index (χ0) is 18.9. The summed E-state index contributed by atoms with van der Waals surface area (Å²) in [6, 6.07) is 10.9. The number of aromatic nitrogens is 3. The number of hydrogen-bond donors (Lipinski definition) is 1. The van der Waals surface area contributed by atoms with Crippen molar-refractivity contribution in [1.29, 1.82) is 0 Å². The molecule has 3 aliphatic heterocycles. The van der Waals surface area contributed by atoms with E-state index in [2.05, 4.69) is 44.7 Å². The van der Waals surface area contributed by atoms with Gasteiger partial charge in [-0.05, 0) is 24.8 Å². The van der Waals surface area contributed by atoms with Gasteiger partial charge in [-0.1, -0.05) is 36.8 Å². The Morgan fingerprint density at radius 1 is 1.11 bits per heavy atom. The fraction of sp³-hybridized carbons (Fsp3) is 0.571. The van der Waals surface area contributed by atoms with Gasteiger partial charge in [-0.25, -0.2) is 0 Å². The highest BCUT2D eigenvalue weighted by atomic mass is 16.5. The second kappa shape index (κ2) is 7.64. The summed E-state index contributed by atoms with van der Waals surface area (Å²) in [5, 5.41) is 11.6. The van der Waals surface area contributed by atoms with Gasteiger partial charge in [0.05, 0.1) is 12.7 Å². The number of carbonyl (C=O) groups is 1. The summed E-state index contributed by atoms with van der Waals surface area (Å²) >= 11 is 0. The van der Waals surface area contributed by atoms with Gasteiger partial charge in [-0.2, -0.15) is 0 Å². The molecular formula is C21H27N5O2. The summed E-state index contributed by atoms with van der Waals surface area (Å²) in [7, 11) is 0. The topological polar surface area (TPSA) is 72.3 Å². The maximum Gasteiger partial charge on any atom is 0.289 e. The number of fused-ring (bicyclic) bond motifs is 2. The van der Waals surface area contributed by atoms with Crippen LogP contribution in [0.4, 0.5) is 0 Å². The van der Waals surface area contributed by atoms with Crippen molar-refractivity contribution in [3.05, 3.63) is 47.5 Å². The van der Waals surface area contributed by atoms with E-state index in [-0.39, 0.29) is 18.1 Å². The third-order valence-corrected chi connectivity index (χ3v) is 6.24. The molecule has 1 aromatic carbocycles. The van der Waals surface area contributed by atoms with Crippen molar-refractivity contribution < 1.29 is 9.53 Å². The van der Waals surface area contributed by atoms with E-state index < -0.39 is 0 Å². The number of nitrogens with zero attached hydrogens (tertiary/aromatic N) is 4. The van der Waals surface area contributed by atoms with Gasteiger partial charge in [0.25, 0.3) is 5.91 Å². The summed E-state index contributed by atoms with van der Waals surface area (Å²) in [4.78, 5) is 15.3.